The predicted molar refractivity (Wildman–Crippen MR) is 117 cm³/mol. The molecule has 1 aromatic heterocycles. The summed E-state index contributed by atoms with van der Waals surface area (Å²) in [7, 11) is 1.70. The molecule has 1 aliphatic heterocycles. The van der Waals surface area contributed by atoms with Crippen molar-refractivity contribution in [2.45, 2.75) is 19.9 Å². The van der Waals surface area contributed by atoms with E-state index < -0.39 is 0 Å². The number of rotatable bonds is 4. The third kappa shape index (κ3) is 3.12. The molecular formula is C25H23NO4. The summed E-state index contributed by atoms with van der Waals surface area (Å²) in [6.45, 7) is 4.12. The van der Waals surface area contributed by atoms with Crippen molar-refractivity contribution in [1.82, 2.24) is 4.90 Å². The second-order valence-electron chi connectivity index (χ2n) is 7.69. The van der Waals surface area contributed by atoms with E-state index in [0.29, 0.717) is 17.7 Å². The first kappa shape index (κ1) is 18.7. The van der Waals surface area contributed by atoms with Gasteiger partial charge in [0.1, 0.15) is 23.8 Å². The van der Waals surface area contributed by atoms with E-state index in [1.165, 1.54) is 5.56 Å². The van der Waals surface area contributed by atoms with Crippen LogP contribution in [0.3, 0.4) is 0 Å². The summed E-state index contributed by atoms with van der Waals surface area (Å²) in [5.41, 5.74) is 3.49. The van der Waals surface area contributed by atoms with Gasteiger partial charge in [-0.25, -0.2) is 4.79 Å². The van der Waals surface area contributed by atoms with Crippen LogP contribution >= 0.6 is 0 Å². The second-order valence-corrected chi connectivity index (χ2v) is 7.69. The van der Waals surface area contributed by atoms with Crippen molar-refractivity contribution in [3.05, 3.63) is 81.7 Å². The van der Waals surface area contributed by atoms with E-state index in [1.807, 2.05) is 49.4 Å². The Bertz CT molecular complexity index is 1310. The molecule has 3 aromatic carbocycles. The van der Waals surface area contributed by atoms with Gasteiger partial charge in [-0.3, -0.25) is 4.90 Å². The van der Waals surface area contributed by atoms with Gasteiger partial charge in [-0.1, -0.05) is 36.4 Å². The average molecular weight is 401 g/mol. The number of fused-ring (bicyclic) bond motifs is 4. The number of ether oxygens (including phenoxy) is 2. The Balaban J connectivity index is 1.49. The molecule has 0 saturated carbocycles. The second kappa shape index (κ2) is 7.50. The van der Waals surface area contributed by atoms with Gasteiger partial charge in [0.25, 0.3) is 0 Å². The topological polar surface area (TPSA) is 51.9 Å². The fourth-order valence-corrected chi connectivity index (χ4v) is 4.32. The fraction of sp³-hybridized carbons (Fsp3) is 0.240. The SMILES string of the molecule is COc1ccccc1CCN1COc2c(cc3c(oc(=O)c4ccccc43)c2C)C1. The summed E-state index contributed by atoms with van der Waals surface area (Å²) in [6.07, 6.45) is 0.882. The minimum Gasteiger partial charge on any atom is -0.496 e. The zero-order chi connectivity index (χ0) is 20.7. The highest BCUT2D eigenvalue weighted by atomic mass is 16.5. The molecule has 0 amide bonds. The smallest absolute Gasteiger partial charge is 0.344 e. The third-order valence-electron chi connectivity index (χ3n) is 5.84. The molecule has 1 aliphatic rings. The Hall–Kier alpha value is -3.31. The van der Waals surface area contributed by atoms with E-state index in [-0.39, 0.29) is 5.63 Å². The minimum atomic E-state index is -0.310. The van der Waals surface area contributed by atoms with Crippen LogP contribution in [0.15, 0.2) is 63.8 Å². The van der Waals surface area contributed by atoms with Crippen LogP contribution in [0.1, 0.15) is 16.7 Å². The lowest BCUT2D eigenvalue weighted by molar-refractivity contribution is 0.0957. The van der Waals surface area contributed by atoms with Crippen molar-refractivity contribution in [3.63, 3.8) is 0 Å². The number of hydrogen-bond donors (Lipinski definition) is 0. The summed E-state index contributed by atoms with van der Waals surface area (Å²) in [4.78, 5) is 14.7. The Kier molecular flexibility index (Phi) is 4.68. The summed E-state index contributed by atoms with van der Waals surface area (Å²) in [5, 5.41) is 2.48. The molecule has 0 unspecified atom stereocenters. The quantitative estimate of drug-likeness (QED) is 0.368. The van der Waals surface area contributed by atoms with Crippen molar-refractivity contribution in [3.8, 4) is 11.5 Å². The molecule has 0 N–H and O–H groups in total. The molecule has 5 rings (SSSR count). The summed E-state index contributed by atoms with van der Waals surface area (Å²) < 4.78 is 17.2. The maximum atomic E-state index is 12.4. The average Bonchev–Trinajstić information content (AvgIpc) is 2.79. The molecule has 0 saturated heterocycles. The molecule has 30 heavy (non-hydrogen) atoms. The zero-order valence-corrected chi connectivity index (χ0v) is 17.1. The molecule has 0 radical (unpaired) electrons. The monoisotopic (exact) mass is 401 g/mol. The van der Waals surface area contributed by atoms with Crippen LogP contribution in [0.4, 0.5) is 0 Å². The molecule has 0 atom stereocenters. The van der Waals surface area contributed by atoms with Gasteiger partial charge in [-0.2, -0.15) is 0 Å². The van der Waals surface area contributed by atoms with E-state index in [9.17, 15) is 4.79 Å². The molecule has 0 bridgehead atoms. The fourth-order valence-electron chi connectivity index (χ4n) is 4.32. The van der Waals surface area contributed by atoms with Crippen LogP contribution in [0.25, 0.3) is 21.7 Å². The van der Waals surface area contributed by atoms with E-state index in [0.717, 1.165) is 52.9 Å². The zero-order valence-electron chi connectivity index (χ0n) is 17.1. The number of nitrogens with zero attached hydrogens (tertiary/aromatic N) is 1. The van der Waals surface area contributed by atoms with Crippen LogP contribution in [0, 0.1) is 6.92 Å². The van der Waals surface area contributed by atoms with Crippen LogP contribution < -0.4 is 15.1 Å². The highest BCUT2D eigenvalue weighted by molar-refractivity contribution is 6.06. The molecule has 152 valence electrons. The molecule has 5 nitrogen and oxygen atoms in total. The Morgan fingerprint density at radius 3 is 2.63 bits per heavy atom. The van der Waals surface area contributed by atoms with Crippen molar-refractivity contribution in [1.29, 1.82) is 0 Å². The van der Waals surface area contributed by atoms with Gasteiger partial charge in [-0.05, 0) is 42.5 Å². The lowest BCUT2D eigenvalue weighted by Gasteiger charge is -2.30. The minimum absolute atomic E-state index is 0.310. The number of benzene rings is 3. The molecule has 4 aromatic rings. The number of para-hydroxylation sites is 1. The number of hydrogen-bond acceptors (Lipinski definition) is 5. The lowest BCUT2D eigenvalue weighted by Crippen LogP contribution is -2.34. The van der Waals surface area contributed by atoms with E-state index in [2.05, 4.69) is 17.0 Å². The highest BCUT2D eigenvalue weighted by Gasteiger charge is 2.23. The molecule has 0 fully saturated rings. The maximum Gasteiger partial charge on any atom is 0.344 e. The Morgan fingerprint density at radius 2 is 1.80 bits per heavy atom. The van der Waals surface area contributed by atoms with Gasteiger partial charge < -0.3 is 13.9 Å². The molecule has 2 heterocycles. The Labute approximate surface area is 174 Å². The van der Waals surface area contributed by atoms with Crippen LogP contribution in [0.5, 0.6) is 11.5 Å². The van der Waals surface area contributed by atoms with Gasteiger partial charge in [0.05, 0.1) is 12.5 Å². The van der Waals surface area contributed by atoms with Crippen molar-refractivity contribution < 1.29 is 13.9 Å². The normalized spacial score (nSPS) is 13.9. The van der Waals surface area contributed by atoms with Gasteiger partial charge >= 0.3 is 5.63 Å². The summed E-state index contributed by atoms with van der Waals surface area (Å²) >= 11 is 0. The molecular weight excluding hydrogens is 378 g/mol. The van der Waals surface area contributed by atoms with Gasteiger partial charge in [-0.15, -0.1) is 0 Å². The van der Waals surface area contributed by atoms with Gasteiger partial charge in [0.2, 0.25) is 0 Å². The van der Waals surface area contributed by atoms with Gasteiger partial charge in [0, 0.05) is 29.6 Å². The van der Waals surface area contributed by atoms with Crippen molar-refractivity contribution in [2.24, 2.45) is 0 Å². The van der Waals surface area contributed by atoms with Crippen molar-refractivity contribution in [2.75, 3.05) is 20.4 Å². The first-order chi connectivity index (χ1) is 14.7. The van der Waals surface area contributed by atoms with Crippen LogP contribution in [-0.4, -0.2) is 25.3 Å². The van der Waals surface area contributed by atoms with E-state index in [1.54, 1.807) is 7.11 Å². The number of methoxy groups -OCH3 is 1. The first-order valence-corrected chi connectivity index (χ1v) is 10.1. The Morgan fingerprint density at radius 1 is 1.03 bits per heavy atom. The first-order valence-electron chi connectivity index (χ1n) is 10.1. The summed E-state index contributed by atoms with van der Waals surface area (Å²) in [6, 6.07) is 17.8. The maximum absolute atomic E-state index is 12.4. The van der Waals surface area contributed by atoms with Gasteiger partial charge in [0.15, 0.2) is 0 Å². The predicted octanol–water partition coefficient (Wildman–Crippen LogP) is 4.66. The van der Waals surface area contributed by atoms with Crippen molar-refractivity contribution >= 4 is 21.7 Å². The molecule has 0 aliphatic carbocycles. The van der Waals surface area contributed by atoms with E-state index in [4.69, 9.17) is 13.9 Å². The molecule has 0 spiro atoms. The lowest BCUT2D eigenvalue weighted by atomic mass is 10.00. The highest BCUT2D eigenvalue weighted by Crippen LogP contribution is 2.37. The van der Waals surface area contributed by atoms with E-state index >= 15 is 0 Å². The standard InChI is InChI=1S/C25H23NO4/c1-16-23-18(13-21-19-8-4-5-9-20(19)25(27)30-24(16)21)14-26(15-29-23)12-11-17-7-3-6-10-22(17)28-2/h3-10,13H,11-12,14-15H2,1-2H3. The molecule has 5 heteroatoms. The largest absolute Gasteiger partial charge is 0.496 e. The number of aryl methyl sites for hydroxylation is 1. The third-order valence-corrected chi connectivity index (χ3v) is 5.84. The van der Waals surface area contributed by atoms with Crippen LogP contribution in [0.2, 0.25) is 0 Å². The van der Waals surface area contributed by atoms with Crippen LogP contribution in [-0.2, 0) is 13.0 Å². The summed E-state index contributed by atoms with van der Waals surface area (Å²) in [5.74, 6) is 1.74.